The molecule has 2 aromatic heterocycles. The van der Waals surface area contributed by atoms with E-state index in [1.807, 2.05) is 37.8 Å². The van der Waals surface area contributed by atoms with E-state index in [-0.39, 0.29) is 12.0 Å². The number of hydrogen-bond donors (Lipinski definition) is 3. The summed E-state index contributed by atoms with van der Waals surface area (Å²) in [5, 5.41) is 5.22. The Balaban J connectivity index is 0.000000215. The summed E-state index contributed by atoms with van der Waals surface area (Å²) >= 11 is 6.03. The lowest BCUT2D eigenvalue weighted by Crippen LogP contribution is -2.44. The van der Waals surface area contributed by atoms with Crippen LogP contribution >= 0.6 is 11.6 Å². The Morgan fingerprint density at radius 3 is 2.87 bits per heavy atom. The summed E-state index contributed by atoms with van der Waals surface area (Å²) in [7, 11) is 0. The van der Waals surface area contributed by atoms with Crippen molar-refractivity contribution in [3.8, 4) is 0 Å². The van der Waals surface area contributed by atoms with E-state index in [1.165, 1.54) is 0 Å². The highest BCUT2D eigenvalue weighted by atomic mass is 35.5. The van der Waals surface area contributed by atoms with Crippen molar-refractivity contribution in [3.05, 3.63) is 35.6 Å². The summed E-state index contributed by atoms with van der Waals surface area (Å²) in [4.78, 5) is 30.4. The molecular weight excluding hydrogens is 406 g/mol. The molecule has 30 heavy (non-hydrogen) atoms. The van der Waals surface area contributed by atoms with Crippen molar-refractivity contribution in [3.63, 3.8) is 0 Å². The number of nitrogens with zero attached hydrogens (tertiary/aromatic N) is 2. The van der Waals surface area contributed by atoms with E-state index in [1.54, 1.807) is 18.5 Å². The van der Waals surface area contributed by atoms with Crippen LogP contribution < -0.4 is 11.1 Å². The minimum atomic E-state index is -0.265. The average Bonchev–Trinajstić information content (AvgIpc) is 3.09. The third-order valence-electron chi connectivity index (χ3n) is 4.39. The number of hydrogen-bond acceptors (Lipinski definition) is 5. The van der Waals surface area contributed by atoms with Gasteiger partial charge in [-0.05, 0) is 25.1 Å². The van der Waals surface area contributed by atoms with Crippen LogP contribution in [0.1, 0.15) is 20.8 Å². The maximum Gasteiger partial charge on any atom is 0.231 e. The van der Waals surface area contributed by atoms with Gasteiger partial charge in [-0.1, -0.05) is 25.4 Å². The van der Waals surface area contributed by atoms with E-state index < -0.39 is 0 Å². The summed E-state index contributed by atoms with van der Waals surface area (Å²) in [5.74, 6) is -0.265. The predicted octanol–water partition coefficient (Wildman–Crippen LogP) is 3.16. The first-order chi connectivity index (χ1) is 14.5. The Hall–Kier alpha value is -2.68. The third-order valence-corrected chi connectivity index (χ3v) is 4.61. The minimum Gasteiger partial charge on any atom is -0.376 e. The van der Waals surface area contributed by atoms with E-state index >= 15 is 0 Å². The number of benzene rings is 1. The third kappa shape index (κ3) is 6.16. The summed E-state index contributed by atoms with van der Waals surface area (Å²) in [6, 6.07) is 5.49. The molecule has 1 atom stereocenters. The molecule has 8 nitrogen and oxygen atoms in total. The summed E-state index contributed by atoms with van der Waals surface area (Å²) in [6.45, 7) is 8.67. The lowest BCUT2D eigenvalue weighted by atomic mass is 10.1. The molecule has 3 heterocycles. The summed E-state index contributed by atoms with van der Waals surface area (Å²) in [5.41, 5.74) is 7.48. The van der Waals surface area contributed by atoms with Gasteiger partial charge in [0.15, 0.2) is 0 Å². The van der Waals surface area contributed by atoms with Crippen molar-refractivity contribution in [2.24, 2.45) is 5.73 Å². The number of amides is 2. The Kier molecular flexibility index (Phi) is 9.04. The van der Waals surface area contributed by atoms with Gasteiger partial charge < -0.3 is 20.8 Å². The molecular formula is C21H28ClN5O3. The fourth-order valence-electron chi connectivity index (χ4n) is 3.25. The van der Waals surface area contributed by atoms with Gasteiger partial charge in [-0.2, -0.15) is 0 Å². The standard InChI is InChI=1S/C12H8ClN3O.C7H14N2O2.C2H6/c13-7-3-9-8-1-2-14-5-11(8)16-12(9)10(4-7)15-6-17;1-6-4-9(2-3-11-6)5-7(8)10;1-2/h1-6,16H,(H,15,17);6H,2-5H2,1H3,(H2,8,10);1-2H3. The van der Waals surface area contributed by atoms with E-state index in [0.29, 0.717) is 30.3 Å². The highest BCUT2D eigenvalue weighted by Crippen LogP contribution is 2.32. The molecule has 0 saturated carbocycles. The molecule has 1 saturated heterocycles. The van der Waals surface area contributed by atoms with Crippen LogP contribution in [0.4, 0.5) is 5.69 Å². The zero-order valence-electron chi connectivity index (χ0n) is 17.4. The number of carbonyl (C=O) groups is 2. The van der Waals surface area contributed by atoms with Gasteiger partial charge in [0, 0.05) is 35.1 Å². The number of nitrogens with two attached hydrogens (primary N) is 1. The first-order valence-electron chi connectivity index (χ1n) is 9.85. The van der Waals surface area contributed by atoms with Crippen molar-refractivity contribution < 1.29 is 14.3 Å². The van der Waals surface area contributed by atoms with Gasteiger partial charge >= 0.3 is 0 Å². The number of anilines is 1. The monoisotopic (exact) mass is 433 g/mol. The predicted molar refractivity (Wildman–Crippen MR) is 121 cm³/mol. The number of rotatable bonds is 4. The number of fused-ring (bicyclic) bond motifs is 3. The molecule has 0 spiro atoms. The van der Waals surface area contributed by atoms with E-state index in [2.05, 4.69) is 15.3 Å². The van der Waals surface area contributed by atoms with E-state index in [0.717, 1.165) is 34.9 Å². The SMILES string of the molecule is CC.CC1CN(CC(N)=O)CCO1.O=CNc1cc(Cl)cc2c1[nH]c1cnccc12. The molecule has 1 aliphatic rings. The van der Waals surface area contributed by atoms with Gasteiger partial charge in [0.2, 0.25) is 12.3 Å². The van der Waals surface area contributed by atoms with Gasteiger partial charge in [-0.3, -0.25) is 19.5 Å². The molecule has 4 N–H and O–H groups in total. The molecule has 0 bridgehead atoms. The highest BCUT2D eigenvalue weighted by Gasteiger charge is 2.17. The molecule has 2 amide bonds. The average molecular weight is 434 g/mol. The number of morpholine rings is 1. The second kappa shape index (κ2) is 11.5. The van der Waals surface area contributed by atoms with Crippen LogP contribution in [0, 0.1) is 0 Å². The van der Waals surface area contributed by atoms with Crippen LogP contribution in [0.5, 0.6) is 0 Å². The molecule has 1 aromatic carbocycles. The smallest absolute Gasteiger partial charge is 0.231 e. The van der Waals surface area contributed by atoms with Crippen LogP contribution in [0.15, 0.2) is 30.6 Å². The van der Waals surface area contributed by atoms with Crippen molar-refractivity contribution in [2.75, 3.05) is 31.6 Å². The van der Waals surface area contributed by atoms with Gasteiger partial charge in [-0.25, -0.2) is 0 Å². The van der Waals surface area contributed by atoms with Crippen LogP contribution in [0.25, 0.3) is 21.8 Å². The van der Waals surface area contributed by atoms with E-state index in [4.69, 9.17) is 22.1 Å². The molecule has 9 heteroatoms. The number of halogens is 1. The topological polar surface area (TPSA) is 113 Å². The number of aromatic nitrogens is 2. The first kappa shape index (κ1) is 23.6. The molecule has 1 unspecified atom stereocenters. The van der Waals surface area contributed by atoms with Crippen molar-refractivity contribution >= 4 is 51.4 Å². The zero-order valence-corrected chi connectivity index (χ0v) is 18.2. The molecule has 1 fully saturated rings. The number of nitrogens with one attached hydrogen (secondary N) is 2. The molecule has 0 aliphatic carbocycles. The normalized spacial score (nSPS) is 16.2. The van der Waals surface area contributed by atoms with Crippen molar-refractivity contribution in [1.29, 1.82) is 0 Å². The fraction of sp³-hybridized carbons (Fsp3) is 0.381. The molecule has 162 valence electrons. The lowest BCUT2D eigenvalue weighted by molar-refractivity contribution is -0.121. The Bertz CT molecular complexity index is 991. The van der Waals surface area contributed by atoms with Crippen molar-refractivity contribution in [1.82, 2.24) is 14.9 Å². The van der Waals surface area contributed by atoms with Gasteiger partial charge in [-0.15, -0.1) is 0 Å². The molecule has 0 radical (unpaired) electrons. The van der Waals surface area contributed by atoms with Crippen molar-refractivity contribution in [2.45, 2.75) is 26.9 Å². The molecule has 3 aromatic rings. The first-order valence-corrected chi connectivity index (χ1v) is 10.2. The number of primary amides is 1. The van der Waals surface area contributed by atoms with Crippen LogP contribution in [0.2, 0.25) is 5.02 Å². The van der Waals surface area contributed by atoms with Gasteiger partial charge in [0.25, 0.3) is 0 Å². The second-order valence-electron chi connectivity index (χ2n) is 6.57. The largest absolute Gasteiger partial charge is 0.376 e. The van der Waals surface area contributed by atoms with E-state index in [9.17, 15) is 9.59 Å². The Labute approximate surface area is 180 Å². The number of ether oxygens (including phenoxy) is 1. The fourth-order valence-corrected chi connectivity index (χ4v) is 3.47. The molecule has 1 aliphatic heterocycles. The van der Waals surface area contributed by atoms with Crippen LogP contribution in [-0.4, -0.2) is 59.5 Å². The quantitative estimate of drug-likeness (QED) is 0.547. The lowest BCUT2D eigenvalue weighted by Gasteiger charge is -2.29. The van der Waals surface area contributed by atoms with Crippen LogP contribution in [-0.2, 0) is 14.3 Å². The van der Waals surface area contributed by atoms with Gasteiger partial charge in [0.05, 0.1) is 42.2 Å². The van der Waals surface area contributed by atoms with Gasteiger partial charge in [0.1, 0.15) is 0 Å². The second-order valence-corrected chi connectivity index (χ2v) is 7.00. The summed E-state index contributed by atoms with van der Waals surface area (Å²) < 4.78 is 5.30. The number of pyridine rings is 1. The molecule has 4 rings (SSSR count). The Morgan fingerprint density at radius 2 is 2.20 bits per heavy atom. The number of carbonyl (C=O) groups excluding carboxylic acids is 2. The van der Waals surface area contributed by atoms with Crippen LogP contribution in [0.3, 0.4) is 0 Å². The summed E-state index contributed by atoms with van der Waals surface area (Å²) in [6.07, 6.45) is 4.33. The zero-order chi connectivity index (χ0) is 22.1. The number of H-pyrrole nitrogens is 1. The minimum absolute atomic E-state index is 0.225. The number of aromatic amines is 1. The maximum atomic E-state index is 10.6. The maximum absolute atomic E-state index is 10.6. The Morgan fingerprint density at radius 1 is 1.43 bits per heavy atom. The highest BCUT2D eigenvalue weighted by molar-refractivity contribution is 6.32.